The molecular weight excluding hydrogens is 272 g/mol. The van der Waals surface area contributed by atoms with E-state index in [1.165, 1.54) is 11.8 Å². The summed E-state index contributed by atoms with van der Waals surface area (Å²) in [6.07, 6.45) is 0.429. The van der Waals surface area contributed by atoms with Crippen LogP contribution in [0.4, 0.5) is 5.69 Å². The molecule has 1 rings (SSSR count). The largest absolute Gasteiger partial charge is 0.398 e. The van der Waals surface area contributed by atoms with E-state index in [1.807, 2.05) is 18.2 Å². The van der Waals surface area contributed by atoms with E-state index in [-0.39, 0.29) is 18.9 Å². The lowest BCUT2D eigenvalue weighted by Crippen LogP contribution is -2.28. The Morgan fingerprint density at radius 2 is 2.06 bits per heavy atom. The summed E-state index contributed by atoms with van der Waals surface area (Å²) in [4.78, 5) is 0.892. The third-order valence-electron chi connectivity index (χ3n) is 2.19. The van der Waals surface area contributed by atoms with Crippen molar-refractivity contribution in [2.75, 3.05) is 30.4 Å². The van der Waals surface area contributed by atoms with Crippen LogP contribution < -0.4 is 10.5 Å². The van der Waals surface area contributed by atoms with E-state index in [9.17, 15) is 8.42 Å². The van der Waals surface area contributed by atoms with Crippen LogP contribution >= 0.6 is 11.8 Å². The number of hydrogen-bond donors (Lipinski definition) is 3. The number of nitrogens with two attached hydrogens (primary N) is 1. The molecule has 0 bridgehead atoms. The van der Waals surface area contributed by atoms with Gasteiger partial charge in [0.15, 0.2) is 0 Å². The number of benzene rings is 1. The summed E-state index contributed by atoms with van der Waals surface area (Å²) < 4.78 is 25.5. The number of aliphatic hydroxyl groups is 1. The minimum absolute atomic E-state index is 0.0161. The Labute approximate surface area is 112 Å². The molecule has 1 aromatic carbocycles. The highest BCUT2D eigenvalue weighted by atomic mass is 32.2. The lowest BCUT2D eigenvalue weighted by atomic mass is 10.3. The maximum atomic E-state index is 11.5. The average molecular weight is 290 g/mol. The Bertz CT molecular complexity index is 463. The van der Waals surface area contributed by atoms with Crippen molar-refractivity contribution in [3.8, 4) is 0 Å². The van der Waals surface area contributed by atoms with Crippen molar-refractivity contribution < 1.29 is 13.5 Å². The molecule has 0 fully saturated rings. The molecule has 0 aliphatic heterocycles. The van der Waals surface area contributed by atoms with Gasteiger partial charge in [-0.2, -0.15) is 0 Å². The minimum atomic E-state index is -3.26. The fraction of sp³-hybridized carbons (Fsp3) is 0.455. The molecule has 0 saturated heterocycles. The standard InChI is InChI=1S/C11H18N2O3S2/c12-10-4-1-2-5-11(10)17-8-9-18(15,16)13-6-3-7-14/h1-2,4-5,13-14H,3,6-9,12H2. The van der Waals surface area contributed by atoms with Gasteiger partial charge in [0.25, 0.3) is 0 Å². The Morgan fingerprint density at radius 3 is 2.72 bits per heavy atom. The molecule has 5 nitrogen and oxygen atoms in total. The number of para-hydroxylation sites is 1. The molecule has 0 amide bonds. The predicted octanol–water partition coefficient (Wildman–Crippen LogP) is 0.663. The number of nitrogens with one attached hydrogen (secondary N) is 1. The average Bonchev–Trinajstić information content (AvgIpc) is 2.32. The third kappa shape index (κ3) is 5.72. The van der Waals surface area contributed by atoms with Gasteiger partial charge in [0.2, 0.25) is 10.0 Å². The number of thioether (sulfide) groups is 1. The van der Waals surface area contributed by atoms with Crippen LogP contribution in [0.1, 0.15) is 6.42 Å². The Kier molecular flexibility index (Phi) is 6.48. The number of aliphatic hydroxyl groups excluding tert-OH is 1. The zero-order chi connectivity index (χ0) is 13.4. The molecule has 0 aliphatic rings. The number of sulfonamides is 1. The van der Waals surface area contributed by atoms with Crippen LogP contribution in [0.25, 0.3) is 0 Å². The van der Waals surface area contributed by atoms with Gasteiger partial charge in [-0.1, -0.05) is 12.1 Å². The van der Waals surface area contributed by atoms with E-state index in [2.05, 4.69) is 4.72 Å². The lowest BCUT2D eigenvalue weighted by molar-refractivity contribution is 0.289. The molecule has 7 heteroatoms. The van der Waals surface area contributed by atoms with Crippen molar-refractivity contribution in [1.82, 2.24) is 4.72 Å². The van der Waals surface area contributed by atoms with E-state index in [1.54, 1.807) is 6.07 Å². The lowest BCUT2D eigenvalue weighted by Gasteiger charge is -2.07. The molecule has 4 N–H and O–H groups in total. The summed E-state index contributed by atoms with van der Waals surface area (Å²) in [6.45, 7) is 0.259. The van der Waals surface area contributed by atoms with Gasteiger partial charge in [0.1, 0.15) is 0 Å². The van der Waals surface area contributed by atoms with Gasteiger partial charge in [-0.15, -0.1) is 11.8 Å². The molecule has 18 heavy (non-hydrogen) atoms. The van der Waals surface area contributed by atoms with Gasteiger partial charge in [0.05, 0.1) is 5.75 Å². The molecule has 0 aliphatic carbocycles. The van der Waals surface area contributed by atoms with Crippen molar-refractivity contribution in [1.29, 1.82) is 0 Å². The molecule has 0 radical (unpaired) electrons. The van der Waals surface area contributed by atoms with E-state index < -0.39 is 10.0 Å². The highest BCUT2D eigenvalue weighted by Crippen LogP contribution is 2.24. The quantitative estimate of drug-likeness (QED) is 0.372. The number of hydrogen-bond acceptors (Lipinski definition) is 5. The number of nitrogen functional groups attached to an aromatic ring is 1. The first-order valence-corrected chi connectivity index (χ1v) is 8.24. The zero-order valence-corrected chi connectivity index (χ0v) is 11.6. The molecular formula is C11H18N2O3S2. The van der Waals surface area contributed by atoms with Gasteiger partial charge >= 0.3 is 0 Å². The van der Waals surface area contributed by atoms with Crippen LogP contribution in [0.5, 0.6) is 0 Å². The Hall–Kier alpha value is -0.760. The fourth-order valence-corrected chi connectivity index (χ4v) is 3.69. The van der Waals surface area contributed by atoms with Gasteiger partial charge in [0, 0.05) is 29.5 Å². The smallest absolute Gasteiger partial charge is 0.212 e. The van der Waals surface area contributed by atoms with Crippen molar-refractivity contribution in [2.45, 2.75) is 11.3 Å². The molecule has 0 spiro atoms. The maximum absolute atomic E-state index is 11.5. The number of rotatable bonds is 8. The minimum Gasteiger partial charge on any atom is -0.398 e. The molecule has 0 atom stereocenters. The third-order valence-corrected chi connectivity index (χ3v) is 4.92. The Balaban J connectivity index is 2.35. The Morgan fingerprint density at radius 1 is 1.33 bits per heavy atom. The monoisotopic (exact) mass is 290 g/mol. The van der Waals surface area contributed by atoms with Crippen LogP contribution in [0.2, 0.25) is 0 Å². The molecule has 0 saturated carbocycles. The van der Waals surface area contributed by atoms with Gasteiger partial charge in [-0.05, 0) is 18.6 Å². The highest BCUT2D eigenvalue weighted by molar-refractivity contribution is 8.00. The second-order valence-corrected chi connectivity index (χ2v) is 6.74. The van der Waals surface area contributed by atoms with Crippen LogP contribution in [0, 0.1) is 0 Å². The molecule has 1 aromatic rings. The summed E-state index contributed by atoms with van der Waals surface area (Å²) in [5, 5.41) is 8.57. The molecule has 0 unspecified atom stereocenters. The molecule has 0 aromatic heterocycles. The van der Waals surface area contributed by atoms with Crippen LogP contribution in [-0.2, 0) is 10.0 Å². The second kappa shape index (κ2) is 7.63. The second-order valence-electron chi connectivity index (χ2n) is 3.68. The van der Waals surface area contributed by atoms with Gasteiger partial charge in [-0.3, -0.25) is 0 Å². The van der Waals surface area contributed by atoms with Crippen molar-refractivity contribution in [2.24, 2.45) is 0 Å². The fourth-order valence-electron chi connectivity index (χ4n) is 1.25. The van der Waals surface area contributed by atoms with Gasteiger partial charge in [-0.25, -0.2) is 13.1 Å². The van der Waals surface area contributed by atoms with Crippen molar-refractivity contribution >= 4 is 27.5 Å². The summed E-state index contributed by atoms with van der Waals surface area (Å²) in [5.74, 6) is 0.486. The number of anilines is 1. The first-order valence-electron chi connectivity index (χ1n) is 5.60. The topological polar surface area (TPSA) is 92.4 Å². The van der Waals surface area contributed by atoms with E-state index in [4.69, 9.17) is 10.8 Å². The summed E-state index contributed by atoms with van der Waals surface area (Å²) >= 11 is 1.42. The van der Waals surface area contributed by atoms with Gasteiger partial charge < -0.3 is 10.8 Å². The first kappa shape index (κ1) is 15.3. The van der Waals surface area contributed by atoms with E-state index in [0.29, 0.717) is 17.9 Å². The summed E-state index contributed by atoms with van der Waals surface area (Å²) in [5.41, 5.74) is 6.42. The van der Waals surface area contributed by atoms with Crippen LogP contribution in [-0.4, -0.2) is 38.2 Å². The normalized spacial score (nSPS) is 11.6. The molecule has 102 valence electrons. The molecule has 0 heterocycles. The van der Waals surface area contributed by atoms with Crippen molar-refractivity contribution in [3.05, 3.63) is 24.3 Å². The SMILES string of the molecule is Nc1ccccc1SCCS(=O)(=O)NCCCO. The predicted molar refractivity (Wildman–Crippen MR) is 75.1 cm³/mol. The maximum Gasteiger partial charge on any atom is 0.212 e. The zero-order valence-electron chi connectivity index (χ0n) is 10.0. The van der Waals surface area contributed by atoms with Crippen molar-refractivity contribution in [3.63, 3.8) is 0 Å². The van der Waals surface area contributed by atoms with E-state index >= 15 is 0 Å². The van der Waals surface area contributed by atoms with E-state index in [0.717, 1.165) is 4.90 Å². The van der Waals surface area contributed by atoms with Crippen LogP contribution in [0.15, 0.2) is 29.2 Å². The first-order chi connectivity index (χ1) is 8.55. The highest BCUT2D eigenvalue weighted by Gasteiger charge is 2.09. The van der Waals surface area contributed by atoms with Crippen LogP contribution in [0.3, 0.4) is 0 Å². The summed E-state index contributed by atoms with van der Waals surface area (Å²) in [7, 11) is -3.26. The summed E-state index contributed by atoms with van der Waals surface area (Å²) in [6, 6.07) is 7.36.